The van der Waals surface area contributed by atoms with Crippen LogP contribution in [0.3, 0.4) is 0 Å². The first-order valence-corrected chi connectivity index (χ1v) is 9.59. The van der Waals surface area contributed by atoms with Crippen LogP contribution in [-0.2, 0) is 0 Å². The first-order valence-electron chi connectivity index (χ1n) is 9.21. The summed E-state index contributed by atoms with van der Waals surface area (Å²) in [6, 6.07) is 11.6. The van der Waals surface area contributed by atoms with E-state index < -0.39 is 5.82 Å². The van der Waals surface area contributed by atoms with Crippen molar-refractivity contribution in [3.8, 4) is 0 Å². The lowest BCUT2D eigenvalue weighted by atomic mass is 10.1. The molecule has 2 aromatic rings. The lowest BCUT2D eigenvalue weighted by Crippen LogP contribution is -2.52. The number of ketones is 1. The fraction of sp³-hybridized carbons (Fsp3) is 0.333. The first kappa shape index (κ1) is 20.1. The normalized spacial score (nSPS) is 15.3. The molecule has 2 aromatic carbocycles. The molecule has 5 nitrogen and oxygen atoms in total. The molecule has 1 aliphatic rings. The highest BCUT2D eigenvalue weighted by molar-refractivity contribution is 6.30. The van der Waals surface area contributed by atoms with Gasteiger partial charge in [0.1, 0.15) is 5.82 Å². The van der Waals surface area contributed by atoms with Gasteiger partial charge in [-0.05, 0) is 49.7 Å². The SMILES string of the molecule is CC(=O)c1ccc(N2CCN(C(=O)NC(C)c3ccc(Cl)cc3)CC2)c(F)c1. The van der Waals surface area contributed by atoms with E-state index in [1.54, 1.807) is 29.2 Å². The van der Waals surface area contributed by atoms with Crippen LogP contribution >= 0.6 is 11.6 Å². The largest absolute Gasteiger partial charge is 0.366 e. The Kier molecular flexibility index (Phi) is 6.19. The molecule has 0 spiro atoms. The molecule has 1 N–H and O–H groups in total. The molecule has 0 aromatic heterocycles. The Morgan fingerprint density at radius 3 is 2.29 bits per heavy atom. The number of halogens is 2. The van der Waals surface area contributed by atoms with Gasteiger partial charge in [-0.3, -0.25) is 4.79 Å². The van der Waals surface area contributed by atoms with Gasteiger partial charge in [0.2, 0.25) is 0 Å². The average Bonchev–Trinajstić information content (AvgIpc) is 2.68. The molecule has 1 fully saturated rings. The Hall–Kier alpha value is -2.60. The number of anilines is 1. The summed E-state index contributed by atoms with van der Waals surface area (Å²) in [4.78, 5) is 27.5. The van der Waals surface area contributed by atoms with Crippen LogP contribution in [0.4, 0.5) is 14.9 Å². The summed E-state index contributed by atoms with van der Waals surface area (Å²) in [5.41, 5.74) is 1.79. The van der Waals surface area contributed by atoms with Crippen molar-refractivity contribution >= 4 is 29.1 Å². The number of carbonyl (C=O) groups is 2. The number of rotatable bonds is 4. The van der Waals surface area contributed by atoms with Gasteiger partial charge in [-0.1, -0.05) is 23.7 Å². The maximum absolute atomic E-state index is 14.3. The Morgan fingerprint density at radius 2 is 1.71 bits per heavy atom. The van der Waals surface area contributed by atoms with Gasteiger partial charge in [-0.2, -0.15) is 0 Å². The molecule has 3 rings (SSSR count). The number of nitrogens with zero attached hydrogens (tertiary/aromatic N) is 2. The number of piperazine rings is 1. The van der Waals surface area contributed by atoms with Crippen molar-refractivity contribution in [2.24, 2.45) is 0 Å². The summed E-state index contributed by atoms with van der Waals surface area (Å²) in [6.07, 6.45) is 0. The second-order valence-corrected chi connectivity index (χ2v) is 7.36. The minimum Gasteiger partial charge on any atom is -0.366 e. The van der Waals surface area contributed by atoms with Crippen molar-refractivity contribution < 1.29 is 14.0 Å². The van der Waals surface area contributed by atoms with E-state index >= 15 is 0 Å². The molecule has 28 heavy (non-hydrogen) atoms. The maximum atomic E-state index is 14.3. The second kappa shape index (κ2) is 8.61. The third kappa shape index (κ3) is 4.62. The molecule has 1 unspecified atom stereocenters. The Morgan fingerprint density at radius 1 is 1.07 bits per heavy atom. The summed E-state index contributed by atoms with van der Waals surface area (Å²) in [5.74, 6) is -0.580. The molecule has 0 radical (unpaired) electrons. The summed E-state index contributed by atoms with van der Waals surface area (Å²) in [5, 5.41) is 3.64. The van der Waals surface area contributed by atoms with E-state index in [9.17, 15) is 14.0 Å². The maximum Gasteiger partial charge on any atom is 0.317 e. The number of carbonyl (C=O) groups excluding carboxylic acids is 2. The summed E-state index contributed by atoms with van der Waals surface area (Å²) in [6.45, 7) is 5.37. The lowest BCUT2D eigenvalue weighted by Gasteiger charge is -2.36. The Bertz CT molecular complexity index is 864. The van der Waals surface area contributed by atoms with Gasteiger partial charge in [0.05, 0.1) is 11.7 Å². The molecular weight excluding hydrogens is 381 g/mol. The van der Waals surface area contributed by atoms with Crippen molar-refractivity contribution in [3.63, 3.8) is 0 Å². The van der Waals surface area contributed by atoms with Gasteiger partial charge in [0.15, 0.2) is 5.78 Å². The number of amides is 2. The van der Waals surface area contributed by atoms with Crippen molar-refractivity contribution in [2.45, 2.75) is 19.9 Å². The molecule has 1 aliphatic heterocycles. The number of hydrogen-bond donors (Lipinski definition) is 1. The van der Waals surface area contributed by atoms with Crippen LogP contribution in [0.15, 0.2) is 42.5 Å². The monoisotopic (exact) mass is 403 g/mol. The van der Waals surface area contributed by atoms with E-state index in [1.165, 1.54) is 13.0 Å². The van der Waals surface area contributed by atoms with Crippen LogP contribution in [0.25, 0.3) is 0 Å². The zero-order chi connectivity index (χ0) is 20.3. The van der Waals surface area contributed by atoms with Gasteiger partial charge in [-0.25, -0.2) is 9.18 Å². The quantitative estimate of drug-likeness (QED) is 0.775. The van der Waals surface area contributed by atoms with Crippen LogP contribution in [-0.4, -0.2) is 42.9 Å². The zero-order valence-electron chi connectivity index (χ0n) is 15.9. The average molecular weight is 404 g/mol. The van der Waals surface area contributed by atoms with Crippen molar-refractivity contribution in [3.05, 3.63) is 64.4 Å². The van der Waals surface area contributed by atoms with E-state index in [0.717, 1.165) is 5.56 Å². The van der Waals surface area contributed by atoms with E-state index in [-0.39, 0.29) is 17.9 Å². The molecule has 148 valence electrons. The van der Waals surface area contributed by atoms with Crippen LogP contribution in [0.5, 0.6) is 0 Å². The molecular formula is C21H23ClFN3O2. The Balaban J connectivity index is 1.56. The molecule has 2 amide bonds. The molecule has 0 aliphatic carbocycles. The number of Topliss-reactive ketones (excluding diaryl/α,β-unsaturated/α-hetero) is 1. The smallest absolute Gasteiger partial charge is 0.317 e. The lowest BCUT2D eigenvalue weighted by molar-refractivity contribution is 0.101. The number of nitrogens with one attached hydrogen (secondary N) is 1. The van der Waals surface area contributed by atoms with Crippen molar-refractivity contribution in [2.75, 3.05) is 31.1 Å². The van der Waals surface area contributed by atoms with Crippen LogP contribution in [0, 0.1) is 5.82 Å². The van der Waals surface area contributed by atoms with Gasteiger partial charge >= 0.3 is 6.03 Å². The molecule has 1 heterocycles. The molecule has 0 saturated carbocycles. The summed E-state index contributed by atoms with van der Waals surface area (Å²) < 4.78 is 14.3. The van der Waals surface area contributed by atoms with Gasteiger partial charge in [-0.15, -0.1) is 0 Å². The standard InChI is InChI=1S/C21H23ClFN3O2/c1-14(16-3-6-18(22)7-4-16)24-21(28)26-11-9-25(10-12-26)20-8-5-17(15(2)27)13-19(20)23/h3-8,13-14H,9-12H2,1-2H3,(H,24,28). The number of hydrogen-bond acceptors (Lipinski definition) is 3. The Labute approximate surface area is 169 Å². The van der Waals surface area contributed by atoms with Gasteiger partial charge in [0.25, 0.3) is 0 Å². The zero-order valence-corrected chi connectivity index (χ0v) is 16.7. The van der Waals surface area contributed by atoms with E-state index in [0.29, 0.717) is 42.5 Å². The van der Waals surface area contributed by atoms with E-state index in [1.807, 2.05) is 24.0 Å². The predicted octanol–water partition coefficient (Wildman–Crippen LogP) is 4.27. The molecule has 7 heteroatoms. The minimum atomic E-state index is -0.415. The van der Waals surface area contributed by atoms with Crippen molar-refractivity contribution in [1.82, 2.24) is 10.2 Å². The van der Waals surface area contributed by atoms with Gasteiger partial charge < -0.3 is 15.1 Å². The summed E-state index contributed by atoms with van der Waals surface area (Å²) in [7, 11) is 0. The summed E-state index contributed by atoms with van der Waals surface area (Å²) >= 11 is 5.90. The molecule has 1 saturated heterocycles. The highest BCUT2D eigenvalue weighted by Crippen LogP contribution is 2.23. The highest BCUT2D eigenvalue weighted by atomic mass is 35.5. The first-order chi connectivity index (χ1) is 13.3. The fourth-order valence-corrected chi connectivity index (χ4v) is 3.37. The van der Waals surface area contributed by atoms with Crippen LogP contribution in [0.1, 0.15) is 35.8 Å². The second-order valence-electron chi connectivity index (χ2n) is 6.92. The topological polar surface area (TPSA) is 52.7 Å². The minimum absolute atomic E-state index is 0.139. The molecule has 1 atom stereocenters. The van der Waals surface area contributed by atoms with E-state index in [4.69, 9.17) is 11.6 Å². The van der Waals surface area contributed by atoms with Crippen molar-refractivity contribution in [1.29, 1.82) is 0 Å². The third-order valence-electron chi connectivity index (χ3n) is 4.97. The molecule has 0 bridgehead atoms. The predicted molar refractivity (Wildman–Crippen MR) is 109 cm³/mol. The number of benzene rings is 2. The van der Waals surface area contributed by atoms with E-state index in [2.05, 4.69) is 5.32 Å². The number of urea groups is 1. The van der Waals surface area contributed by atoms with Gasteiger partial charge in [0, 0.05) is 36.8 Å². The third-order valence-corrected chi connectivity index (χ3v) is 5.22. The van der Waals surface area contributed by atoms with Crippen LogP contribution < -0.4 is 10.2 Å². The van der Waals surface area contributed by atoms with Crippen LogP contribution in [0.2, 0.25) is 5.02 Å². The highest BCUT2D eigenvalue weighted by Gasteiger charge is 2.24. The fourth-order valence-electron chi connectivity index (χ4n) is 3.24.